The van der Waals surface area contributed by atoms with E-state index < -0.39 is 51.0 Å². The summed E-state index contributed by atoms with van der Waals surface area (Å²) in [5.74, 6) is -6.56. The van der Waals surface area contributed by atoms with E-state index in [1.807, 2.05) is 11.8 Å². The molecule has 0 aliphatic carbocycles. The number of benzene rings is 1. The largest absolute Gasteiger partial charge is 0.355 e. The Morgan fingerprint density at radius 3 is 2.68 bits per heavy atom. The Morgan fingerprint density at radius 2 is 1.98 bits per heavy atom. The van der Waals surface area contributed by atoms with E-state index in [9.17, 15) is 31.4 Å². The number of unbranched alkanes of at least 4 members (excludes halogenated alkanes) is 1. The number of aromatic nitrogens is 3. The van der Waals surface area contributed by atoms with Crippen molar-refractivity contribution in [3.05, 3.63) is 39.9 Å². The minimum atomic E-state index is -1.87. The summed E-state index contributed by atoms with van der Waals surface area (Å²) in [7, 11) is -1.62. The van der Waals surface area contributed by atoms with Gasteiger partial charge in [0.05, 0.1) is 40.3 Å². The molecule has 2 fully saturated rings. The quantitative estimate of drug-likeness (QED) is 0.0552. The molecule has 1 aromatic carbocycles. The summed E-state index contributed by atoms with van der Waals surface area (Å²) in [6, 6.07) is 0.157. The molecule has 0 bridgehead atoms. The van der Waals surface area contributed by atoms with Crippen LogP contribution in [-0.4, -0.2) is 66.1 Å². The van der Waals surface area contributed by atoms with Gasteiger partial charge in [0.2, 0.25) is 15.2 Å². The number of nitrogens with one attached hydrogen (secondary N) is 3. The van der Waals surface area contributed by atoms with Gasteiger partial charge in [-0.05, 0) is 18.4 Å². The van der Waals surface area contributed by atoms with E-state index in [1.165, 1.54) is 0 Å². The van der Waals surface area contributed by atoms with E-state index in [-0.39, 0.29) is 45.6 Å². The molecule has 0 saturated carbocycles. The normalized spacial score (nSPS) is 20.4. The maximum atomic E-state index is 14.5. The Labute approximate surface area is 239 Å². The molecule has 3 unspecified atom stereocenters. The van der Waals surface area contributed by atoms with Crippen LogP contribution < -0.4 is 16.0 Å². The third-order valence-electron chi connectivity index (χ3n) is 6.55. The first-order valence-corrected chi connectivity index (χ1v) is 15.5. The molecule has 19 heteroatoms. The van der Waals surface area contributed by atoms with E-state index in [0.717, 1.165) is 40.6 Å². The minimum Gasteiger partial charge on any atom is -0.355 e. The van der Waals surface area contributed by atoms with E-state index >= 15 is 0 Å². The van der Waals surface area contributed by atoms with Gasteiger partial charge >= 0.3 is 6.03 Å². The van der Waals surface area contributed by atoms with Crippen molar-refractivity contribution < 1.29 is 31.4 Å². The van der Waals surface area contributed by atoms with E-state index in [1.54, 1.807) is 0 Å². The lowest BCUT2D eigenvalue weighted by molar-refractivity contribution is -0.121. The smallest absolute Gasteiger partial charge is 0.315 e. The molecule has 3 N–H and O–H groups in total. The van der Waals surface area contributed by atoms with Crippen LogP contribution in [0.25, 0.3) is 26.7 Å². The first kappa shape index (κ1) is 29.1. The van der Waals surface area contributed by atoms with Gasteiger partial charge in [-0.3, -0.25) is 9.00 Å². The molecule has 3 amide bonds. The lowest BCUT2D eigenvalue weighted by Gasteiger charge is -2.16. The number of halogens is 4. The Morgan fingerprint density at radius 1 is 1.22 bits per heavy atom. The number of fused-ring (bicyclic) bond motifs is 2. The van der Waals surface area contributed by atoms with Gasteiger partial charge < -0.3 is 16.0 Å². The average Bonchev–Trinajstić information content (AvgIpc) is 3.69. The molecule has 2 aromatic heterocycles. The van der Waals surface area contributed by atoms with Gasteiger partial charge in [-0.1, -0.05) is 22.9 Å². The van der Waals surface area contributed by atoms with Gasteiger partial charge in [0, 0.05) is 34.6 Å². The van der Waals surface area contributed by atoms with Crippen molar-refractivity contribution in [2.75, 3.05) is 18.1 Å². The summed E-state index contributed by atoms with van der Waals surface area (Å²) in [4.78, 5) is 29.8. The van der Waals surface area contributed by atoms with Gasteiger partial charge in [0.1, 0.15) is 5.69 Å². The van der Waals surface area contributed by atoms with Crippen LogP contribution in [0, 0.1) is 23.3 Å². The molecular weight excluding hydrogens is 610 g/mol. The average molecular weight is 632 g/mol. The molecule has 2 aliphatic rings. The topological polar surface area (TPSA) is 166 Å². The number of hydrogen-bond donors (Lipinski definition) is 3. The summed E-state index contributed by atoms with van der Waals surface area (Å²) < 4.78 is 71.0. The zero-order valence-electron chi connectivity index (χ0n) is 20.9. The Hall–Kier alpha value is -3.41. The van der Waals surface area contributed by atoms with Gasteiger partial charge in [-0.25, -0.2) is 31.9 Å². The number of thioether (sulfide) groups is 1. The molecule has 2 aliphatic heterocycles. The number of rotatable bonds is 11. The second-order valence-corrected chi connectivity index (χ2v) is 13.1. The summed E-state index contributed by atoms with van der Waals surface area (Å²) in [6.07, 6.45) is 3.74. The molecule has 5 rings (SSSR count). The van der Waals surface area contributed by atoms with Crippen molar-refractivity contribution in [3.63, 3.8) is 0 Å². The SMILES string of the molecule is [N-]=[N+]=Nc1c(F)c(F)c(-c2cn3nc(S(=O)CCNC(=O)CCCC[C@@H]4SCC5NC(=O)NC54)sc3n2)c(F)c1F. The highest BCUT2D eigenvalue weighted by atomic mass is 32.2. The molecule has 0 radical (unpaired) electrons. The van der Waals surface area contributed by atoms with Crippen molar-refractivity contribution in [2.24, 2.45) is 5.11 Å². The van der Waals surface area contributed by atoms with Crippen LogP contribution in [0.1, 0.15) is 25.7 Å². The third kappa shape index (κ3) is 5.98. The van der Waals surface area contributed by atoms with E-state index in [0.29, 0.717) is 18.1 Å². The van der Waals surface area contributed by atoms with Crippen molar-refractivity contribution in [2.45, 2.75) is 47.4 Å². The van der Waals surface area contributed by atoms with Crippen LogP contribution in [0.15, 0.2) is 15.7 Å². The zero-order chi connectivity index (χ0) is 29.3. The van der Waals surface area contributed by atoms with E-state index in [2.05, 4.69) is 36.1 Å². The van der Waals surface area contributed by atoms with Crippen molar-refractivity contribution in [3.8, 4) is 11.3 Å². The first-order valence-electron chi connectivity index (χ1n) is 12.3. The molecule has 12 nitrogen and oxygen atoms in total. The number of nitrogens with zero attached hydrogens (tertiary/aromatic N) is 6. The molecule has 218 valence electrons. The highest BCUT2D eigenvalue weighted by Gasteiger charge is 2.42. The Kier molecular flexibility index (Phi) is 8.67. The maximum absolute atomic E-state index is 14.5. The Balaban J connectivity index is 1.10. The first-order chi connectivity index (χ1) is 19.7. The highest BCUT2D eigenvalue weighted by molar-refractivity contribution is 8.00. The van der Waals surface area contributed by atoms with Crippen LogP contribution in [0.2, 0.25) is 0 Å². The van der Waals surface area contributed by atoms with Gasteiger partial charge in [0.15, 0.2) is 23.3 Å². The van der Waals surface area contributed by atoms with Gasteiger partial charge in [0.25, 0.3) is 0 Å². The second-order valence-electron chi connectivity index (χ2n) is 9.16. The fourth-order valence-electron chi connectivity index (χ4n) is 4.60. The number of carbonyl (C=O) groups excluding carboxylic acids is 2. The minimum absolute atomic E-state index is 0.0598. The van der Waals surface area contributed by atoms with Crippen molar-refractivity contribution in [1.29, 1.82) is 0 Å². The van der Waals surface area contributed by atoms with Gasteiger partial charge in [-0.2, -0.15) is 11.8 Å². The van der Waals surface area contributed by atoms with Crippen LogP contribution in [0.5, 0.6) is 0 Å². The van der Waals surface area contributed by atoms with Crippen LogP contribution in [0.3, 0.4) is 0 Å². The lowest BCUT2D eigenvalue weighted by atomic mass is 10.0. The predicted octanol–water partition coefficient (Wildman–Crippen LogP) is 3.91. The summed E-state index contributed by atoms with van der Waals surface area (Å²) in [6.45, 7) is 0.130. The number of hydrogen-bond acceptors (Lipinski definition) is 8. The molecule has 2 saturated heterocycles. The van der Waals surface area contributed by atoms with Crippen LogP contribution in [0.4, 0.5) is 28.0 Å². The van der Waals surface area contributed by atoms with Crippen LogP contribution >= 0.6 is 23.1 Å². The van der Waals surface area contributed by atoms with Crippen molar-refractivity contribution in [1.82, 2.24) is 30.5 Å². The fourth-order valence-corrected chi connectivity index (χ4v) is 8.25. The standard InChI is InChI=1S/C22H21F4N9O3S3/c23-14-13(15(24)17(26)19(16(14)25)32-34-27)9-7-35-21(30-9)40-22(33-35)41(38)6-5-28-12(36)4-2-1-3-11-18-10(8-39-11)29-20(37)31-18/h7,10-11,18H,1-6,8H2,(H,28,36)(H2,29,31,37)/t10?,11-,18?,41?/m0/s1. The highest BCUT2D eigenvalue weighted by Crippen LogP contribution is 2.36. The number of urea groups is 1. The lowest BCUT2D eigenvalue weighted by Crippen LogP contribution is -2.36. The molecular formula is C22H21F4N9O3S3. The maximum Gasteiger partial charge on any atom is 0.315 e. The summed E-state index contributed by atoms with van der Waals surface area (Å²) in [5.41, 5.74) is 5.36. The monoisotopic (exact) mass is 631 g/mol. The molecule has 4 atom stereocenters. The number of amides is 3. The van der Waals surface area contributed by atoms with Crippen molar-refractivity contribution >= 4 is 56.5 Å². The molecule has 41 heavy (non-hydrogen) atoms. The van der Waals surface area contributed by atoms with Gasteiger partial charge in [-0.15, -0.1) is 5.10 Å². The molecule has 4 heterocycles. The van der Waals surface area contributed by atoms with E-state index in [4.69, 9.17) is 5.53 Å². The Bertz CT molecular complexity index is 1530. The summed E-state index contributed by atoms with van der Waals surface area (Å²) in [5, 5.41) is 15.6. The molecule has 0 spiro atoms. The second kappa shape index (κ2) is 12.2. The zero-order valence-corrected chi connectivity index (χ0v) is 23.4. The number of imidazole rings is 1. The molecule has 3 aromatic rings. The third-order valence-corrected chi connectivity index (χ3v) is 10.6. The van der Waals surface area contributed by atoms with Crippen LogP contribution in [-0.2, 0) is 15.6 Å². The number of azide groups is 1. The fraction of sp³-hybridized carbons (Fsp3) is 0.455. The summed E-state index contributed by atoms with van der Waals surface area (Å²) >= 11 is 2.66. The predicted molar refractivity (Wildman–Crippen MR) is 143 cm³/mol. The number of carbonyl (C=O) groups is 2.